The number of hydrogen-bond donors (Lipinski definition) is 3. The zero-order chi connectivity index (χ0) is 19.9. The van der Waals surface area contributed by atoms with Gasteiger partial charge in [0.15, 0.2) is 0 Å². The summed E-state index contributed by atoms with van der Waals surface area (Å²) in [5.41, 5.74) is 1.24. The fourth-order valence-corrected chi connectivity index (χ4v) is 2.90. The van der Waals surface area contributed by atoms with Gasteiger partial charge in [-0.3, -0.25) is 9.59 Å². The zero-order valence-electron chi connectivity index (χ0n) is 15.1. The third-order valence-electron chi connectivity index (χ3n) is 4.33. The molecule has 3 rings (SSSR count). The fraction of sp³-hybridized carbons (Fsp3) is 0.136. The van der Waals surface area contributed by atoms with E-state index in [2.05, 4.69) is 10.6 Å². The van der Waals surface area contributed by atoms with Crippen molar-refractivity contribution in [3.8, 4) is 0 Å². The van der Waals surface area contributed by atoms with E-state index in [9.17, 15) is 19.5 Å². The lowest BCUT2D eigenvalue weighted by atomic mass is 10.0. The molecule has 142 valence electrons. The van der Waals surface area contributed by atoms with Crippen LogP contribution in [0, 0.1) is 0 Å². The van der Waals surface area contributed by atoms with Crippen molar-refractivity contribution >= 4 is 28.6 Å². The van der Waals surface area contributed by atoms with Gasteiger partial charge in [0.1, 0.15) is 6.04 Å². The first-order valence-corrected chi connectivity index (χ1v) is 8.86. The van der Waals surface area contributed by atoms with Gasteiger partial charge >= 0.3 is 5.97 Å². The first kappa shape index (κ1) is 19.1. The van der Waals surface area contributed by atoms with Gasteiger partial charge in [-0.15, -0.1) is 0 Å². The number of carboxylic acids is 1. The molecular formula is C22H20N2O4. The van der Waals surface area contributed by atoms with Gasteiger partial charge in [0, 0.05) is 12.0 Å². The monoisotopic (exact) mass is 376 g/mol. The molecule has 0 aliphatic carbocycles. The highest BCUT2D eigenvalue weighted by Gasteiger charge is 2.21. The molecule has 0 radical (unpaired) electrons. The summed E-state index contributed by atoms with van der Waals surface area (Å²) < 4.78 is 0. The Bertz CT molecular complexity index is 1000. The van der Waals surface area contributed by atoms with Crippen LogP contribution in [0.5, 0.6) is 0 Å². The Labute approximate surface area is 162 Å². The smallest absolute Gasteiger partial charge is 0.326 e. The van der Waals surface area contributed by atoms with Gasteiger partial charge in [0.25, 0.3) is 5.91 Å². The predicted molar refractivity (Wildman–Crippen MR) is 106 cm³/mol. The summed E-state index contributed by atoms with van der Waals surface area (Å²) in [7, 11) is 0. The second-order valence-electron chi connectivity index (χ2n) is 6.39. The van der Waals surface area contributed by atoms with Crippen LogP contribution < -0.4 is 10.6 Å². The Morgan fingerprint density at radius 1 is 0.857 bits per heavy atom. The van der Waals surface area contributed by atoms with Gasteiger partial charge < -0.3 is 15.7 Å². The third-order valence-corrected chi connectivity index (χ3v) is 4.33. The van der Waals surface area contributed by atoms with Crippen molar-refractivity contribution in [1.82, 2.24) is 10.6 Å². The highest BCUT2D eigenvalue weighted by molar-refractivity contribution is 5.96. The first-order valence-electron chi connectivity index (χ1n) is 8.86. The molecule has 0 saturated heterocycles. The van der Waals surface area contributed by atoms with Crippen molar-refractivity contribution in [2.75, 3.05) is 6.54 Å². The lowest BCUT2D eigenvalue weighted by Gasteiger charge is -2.15. The fourth-order valence-electron chi connectivity index (χ4n) is 2.90. The van der Waals surface area contributed by atoms with E-state index >= 15 is 0 Å². The molecule has 0 aromatic heterocycles. The van der Waals surface area contributed by atoms with Crippen LogP contribution in [0.25, 0.3) is 10.8 Å². The molecule has 0 aliphatic rings. The molecule has 6 nitrogen and oxygen atoms in total. The summed E-state index contributed by atoms with van der Waals surface area (Å²) in [5, 5.41) is 16.5. The van der Waals surface area contributed by atoms with E-state index in [0.717, 1.165) is 16.3 Å². The van der Waals surface area contributed by atoms with Gasteiger partial charge in [-0.1, -0.05) is 60.7 Å². The van der Waals surface area contributed by atoms with Crippen LogP contribution in [0.15, 0.2) is 72.8 Å². The van der Waals surface area contributed by atoms with Gasteiger partial charge in [-0.05, 0) is 28.5 Å². The molecule has 0 saturated carbocycles. The van der Waals surface area contributed by atoms with Gasteiger partial charge in [-0.2, -0.15) is 0 Å². The predicted octanol–water partition coefficient (Wildman–Crippen LogP) is 2.38. The normalized spacial score (nSPS) is 11.6. The van der Waals surface area contributed by atoms with Crippen LogP contribution in [0.1, 0.15) is 15.9 Å². The third kappa shape index (κ3) is 4.94. The maximum Gasteiger partial charge on any atom is 0.326 e. The van der Waals surface area contributed by atoms with E-state index in [-0.39, 0.29) is 13.0 Å². The van der Waals surface area contributed by atoms with Crippen LogP contribution in [0.3, 0.4) is 0 Å². The van der Waals surface area contributed by atoms with E-state index in [1.54, 1.807) is 30.3 Å². The van der Waals surface area contributed by atoms with Gasteiger partial charge in [0.2, 0.25) is 5.91 Å². The lowest BCUT2D eigenvalue weighted by molar-refractivity contribution is -0.141. The SMILES string of the molecule is O=C(CNC(=O)c1ccccc1)N[C@@H](Cc1ccc2ccccc2c1)C(=O)O. The standard InChI is InChI=1S/C22H20N2O4/c25-20(14-23-21(26)17-7-2-1-3-8-17)24-19(22(27)28)13-15-10-11-16-6-4-5-9-18(16)12-15/h1-12,19H,13-14H2,(H,23,26)(H,24,25)(H,27,28)/t19-/m0/s1. The number of hydrogen-bond acceptors (Lipinski definition) is 3. The maximum absolute atomic E-state index is 12.1. The topological polar surface area (TPSA) is 95.5 Å². The lowest BCUT2D eigenvalue weighted by Crippen LogP contribution is -2.46. The molecule has 28 heavy (non-hydrogen) atoms. The quantitative estimate of drug-likeness (QED) is 0.590. The van der Waals surface area contributed by atoms with Crippen LogP contribution >= 0.6 is 0 Å². The molecular weight excluding hydrogens is 356 g/mol. The van der Waals surface area contributed by atoms with Crippen LogP contribution in [0.2, 0.25) is 0 Å². The average Bonchev–Trinajstić information content (AvgIpc) is 2.72. The Balaban J connectivity index is 1.59. The number of fused-ring (bicyclic) bond motifs is 1. The first-order chi connectivity index (χ1) is 13.5. The maximum atomic E-state index is 12.1. The summed E-state index contributed by atoms with van der Waals surface area (Å²) >= 11 is 0. The summed E-state index contributed by atoms with van der Waals surface area (Å²) in [6.07, 6.45) is 0.151. The van der Waals surface area contributed by atoms with Gasteiger partial charge in [0.05, 0.1) is 6.54 Å². The van der Waals surface area contributed by atoms with Crippen molar-refractivity contribution in [2.45, 2.75) is 12.5 Å². The number of amides is 2. The van der Waals surface area contributed by atoms with Crippen molar-refractivity contribution in [3.63, 3.8) is 0 Å². The number of carbonyl (C=O) groups excluding carboxylic acids is 2. The second kappa shape index (κ2) is 8.81. The zero-order valence-corrected chi connectivity index (χ0v) is 15.1. The number of rotatable bonds is 7. The highest BCUT2D eigenvalue weighted by Crippen LogP contribution is 2.16. The van der Waals surface area contributed by atoms with Crippen molar-refractivity contribution < 1.29 is 19.5 Å². The van der Waals surface area contributed by atoms with Crippen LogP contribution in [0.4, 0.5) is 0 Å². The minimum absolute atomic E-state index is 0.151. The van der Waals surface area contributed by atoms with E-state index in [1.165, 1.54) is 0 Å². The molecule has 3 aromatic rings. The van der Waals surface area contributed by atoms with Crippen LogP contribution in [-0.2, 0) is 16.0 Å². The molecule has 1 atom stereocenters. The summed E-state index contributed by atoms with van der Waals surface area (Å²) in [6.45, 7) is -0.296. The Kier molecular flexibility index (Phi) is 6.01. The van der Waals surface area contributed by atoms with E-state index in [0.29, 0.717) is 5.56 Å². The molecule has 3 N–H and O–H groups in total. The summed E-state index contributed by atoms with van der Waals surface area (Å²) in [5.74, 6) is -2.08. The van der Waals surface area contributed by atoms with Gasteiger partial charge in [-0.25, -0.2) is 4.79 Å². The molecule has 0 heterocycles. The number of benzene rings is 3. The number of carbonyl (C=O) groups is 3. The van der Waals surface area contributed by atoms with E-state index in [4.69, 9.17) is 0 Å². The molecule has 3 aromatic carbocycles. The Morgan fingerprint density at radius 2 is 1.54 bits per heavy atom. The summed E-state index contributed by atoms with van der Waals surface area (Å²) in [6, 6.07) is 20.9. The largest absolute Gasteiger partial charge is 0.480 e. The molecule has 0 fully saturated rings. The highest BCUT2D eigenvalue weighted by atomic mass is 16.4. The summed E-state index contributed by atoms with van der Waals surface area (Å²) in [4.78, 5) is 35.6. The molecule has 2 amide bonds. The molecule has 0 aliphatic heterocycles. The molecule has 0 spiro atoms. The average molecular weight is 376 g/mol. The number of nitrogens with one attached hydrogen (secondary N) is 2. The Hall–Kier alpha value is -3.67. The minimum atomic E-state index is -1.13. The van der Waals surface area contributed by atoms with E-state index < -0.39 is 23.8 Å². The van der Waals surface area contributed by atoms with Crippen molar-refractivity contribution in [3.05, 3.63) is 83.9 Å². The second-order valence-corrected chi connectivity index (χ2v) is 6.39. The van der Waals surface area contributed by atoms with Crippen LogP contribution in [-0.4, -0.2) is 35.5 Å². The molecule has 6 heteroatoms. The minimum Gasteiger partial charge on any atom is -0.480 e. The van der Waals surface area contributed by atoms with Crippen molar-refractivity contribution in [1.29, 1.82) is 0 Å². The van der Waals surface area contributed by atoms with Crippen molar-refractivity contribution in [2.24, 2.45) is 0 Å². The molecule has 0 unspecified atom stereocenters. The number of aliphatic carboxylic acids is 1. The molecule has 0 bridgehead atoms. The van der Waals surface area contributed by atoms with E-state index in [1.807, 2.05) is 42.5 Å². The number of carboxylic acid groups (broad SMARTS) is 1. The Morgan fingerprint density at radius 3 is 2.25 bits per heavy atom.